The van der Waals surface area contributed by atoms with Gasteiger partial charge in [0.25, 0.3) is 0 Å². The highest BCUT2D eigenvalue weighted by Crippen LogP contribution is 2.22. The summed E-state index contributed by atoms with van der Waals surface area (Å²) in [7, 11) is 1.99. The van der Waals surface area contributed by atoms with Crippen molar-refractivity contribution in [2.45, 2.75) is 6.92 Å². The van der Waals surface area contributed by atoms with Crippen molar-refractivity contribution in [2.75, 3.05) is 5.32 Å². The monoisotopic (exact) mass is 263 g/mol. The highest BCUT2D eigenvalue weighted by molar-refractivity contribution is 5.67. The molecule has 0 atom stereocenters. The van der Waals surface area contributed by atoms with Gasteiger partial charge in [0.15, 0.2) is 0 Å². The summed E-state index contributed by atoms with van der Waals surface area (Å²) in [5, 5.41) is 3.32. The number of nitrogens with zero attached hydrogens (tertiary/aromatic N) is 2. The van der Waals surface area contributed by atoms with Crippen LogP contribution in [0, 0.1) is 6.92 Å². The number of rotatable bonds is 3. The van der Waals surface area contributed by atoms with Crippen LogP contribution in [-0.4, -0.2) is 9.55 Å². The molecule has 0 unspecified atom stereocenters. The van der Waals surface area contributed by atoms with Crippen molar-refractivity contribution < 1.29 is 0 Å². The van der Waals surface area contributed by atoms with E-state index in [0.29, 0.717) is 0 Å². The maximum Gasteiger partial charge on any atom is 0.207 e. The molecule has 1 aromatic heterocycles. The summed E-state index contributed by atoms with van der Waals surface area (Å²) < 4.78 is 1.99. The second-order valence-corrected chi connectivity index (χ2v) is 4.89. The zero-order valence-corrected chi connectivity index (χ0v) is 11.7. The average Bonchev–Trinajstić information content (AvgIpc) is 2.79. The van der Waals surface area contributed by atoms with Crippen LogP contribution in [0.15, 0.2) is 60.8 Å². The molecule has 2 aromatic carbocycles. The van der Waals surface area contributed by atoms with Gasteiger partial charge in [0.05, 0.1) is 5.69 Å². The zero-order chi connectivity index (χ0) is 13.9. The minimum absolute atomic E-state index is 0.856. The lowest BCUT2D eigenvalue weighted by molar-refractivity contribution is 0.924. The van der Waals surface area contributed by atoms with E-state index in [1.54, 1.807) is 0 Å². The van der Waals surface area contributed by atoms with Crippen molar-refractivity contribution in [3.8, 4) is 11.1 Å². The van der Waals surface area contributed by atoms with E-state index in [-0.39, 0.29) is 0 Å². The van der Waals surface area contributed by atoms with Gasteiger partial charge in [-0.3, -0.25) is 0 Å². The van der Waals surface area contributed by atoms with Gasteiger partial charge in [-0.15, -0.1) is 0 Å². The van der Waals surface area contributed by atoms with Crippen molar-refractivity contribution in [1.29, 1.82) is 0 Å². The second-order valence-electron chi connectivity index (χ2n) is 4.89. The molecule has 0 aliphatic carbocycles. The maximum atomic E-state index is 4.44. The van der Waals surface area contributed by atoms with E-state index in [0.717, 1.165) is 17.3 Å². The molecular formula is C17H17N3. The van der Waals surface area contributed by atoms with Gasteiger partial charge in [-0.2, -0.15) is 0 Å². The van der Waals surface area contributed by atoms with E-state index >= 15 is 0 Å². The van der Waals surface area contributed by atoms with Crippen LogP contribution in [0.1, 0.15) is 5.69 Å². The Morgan fingerprint density at radius 3 is 2.15 bits per heavy atom. The van der Waals surface area contributed by atoms with Gasteiger partial charge in [-0.1, -0.05) is 42.5 Å². The van der Waals surface area contributed by atoms with Crippen LogP contribution >= 0.6 is 0 Å². The summed E-state index contributed by atoms with van der Waals surface area (Å²) in [6.07, 6.45) is 2.00. The van der Waals surface area contributed by atoms with Crippen molar-refractivity contribution in [3.63, 3.8) is 0 Å². The molecule has 3 aromatic rings. The number of imidazole rings is 1. The lowest BCUT2D eigenvalue weighted by atomic mass is 10.1. The van der Waals surface area contributed by atoms with Crippen LogP contribution in [0.2, 0.25) is 0 Å². The Bertz CT molecular complexity index is 697. The molecule has 1 N–H and O–H groups in total. The first-order valence-corrected chi connectivity index (χ1v) is 6.65. The molecule has 0 saturated heterocycles. The molecule has 0 saturated carbocycles. The Labute approximate surface area is 118 Å². The average molecular weight is 263 g/mol. The van der Waals surface area contributed by atoms with E-state index in [1.807, 2.05) is 30.8 Å². The molecule has 3 nitrogen and oxygen atoms in total. The van der Waals surface area contributed by atoms with Gasteiger partial charge in [-0.05, 0) is 30.2 Å². The van der Waals surface area contributed by atoms with E-state index in [4.69, 9.17) is 0 Å². The summed E-state index contributed by atoms with van der Waals surface area (Å²) in [4.78, 5) is 4.44. The lowest BCUT2D eigenvalue weighted by Gasteiger charge is -2.07. The third kappa shape index (κ3) is 2.57. The van der Waals surface area contributed by atoms with E-state index < -0.39 is 0 Å². The third-order valence-electron chi connectivity index (χ3n) is 3.24. The fourth-order valence-corrected chi connectivity index (χ4v) is 2.24. The first kappa shape index (κ1) is 12.5. The highest BCUT2D eigenvalue weighted by atomic mass is 15.2. The first-order chi connectivity index (χ1) is 9.72. The Kier molecular flexibility index (Phi) is 3.25. The number of nitrogens with one attached hydrogen (secondary N) is 1. The van der Waals surface area contributed by atoms with Crippen molar-refractivity contribution >= 4 is 11.6 Å². The quantitative estimate of drug-likeness (QED) is 0.769. The Morgan fingerprint density at radius 1 is 0.900 bits per heavy atom. The number of aryl methyl sites for hydroxylation is 2. The van der Waals surface area contributed by atoms with Gasteiger partial charge < -0.3 is 9.88 Å². The highest BCUT2D eigenvalue weighted by Gasteiger charge is 2.03. The molecule has 0 bridgehead atoms. The van der Waals surface area contributed by atoms with Crippen LogP contribution in [0.4, 0.5) is 11.6 Å². The molecule has 3 rings (SSSR count). The molecule has 0 aliphatic rings. The van der Waals surface area contributed by atoms with E-state index in [9.17, 15) is 0 Å². The lowest BCUT2D eigenvalue weighted by Crippen LogP contribution is -1.98. The van der Waals surface area contributed by atoms with Crippen LogP contribution in [0.5, 0.6) is 0 Å². The standard InChI is InChI=1S/C17H17N3/c1-13-12-20(2)17(18-13)19-16-10-8-15(9-11-16)14-6-4-3-5-7-14/h3-12H,1-2H3,(H,18,19). The smallest absolute Gasteiger partial charge is 0.207 e. The molecule has 100 valence electrons. The number of hydrogen-bond acceptors (Lipinski definition) is 2. The fourth-order valence-electron chi connectivity index (χ4n) is 2.24. The van der Waals surface area contributed by atoms with Crippen LogP contribution in [0.3, 0.4) is 0 Å². The minimum Gasteiger partial charge on any atom is -0.326 e. The minimum atomic E-state index is 0.856. The molecular weight excluding hydrogens is 246 g/mol. The van der Waals surface area contributed by atoms with Crippen molar-refractivity contribution in [1.82, 2.24) is 9.55 Å². The molecule has 0 radical (unpaired) electrons. The van der Waals surface area contributed by atoms with Crippen LogP contribution in [0.25, 0.3) is 11.1 Å². The molecule has 0 fully saturated rings. The van der Waals surface area contributed by atoms with Gasteiger partial charge in [-0.25, -0.2) is 4.98 Å². The predicted molar refractivity (Wildman–Crippen MR) is 83.1 cm³/mol. The third-order valence-corrected chi connectivity index (χ3v) is 3.24. The molecule has 20 heavy (non-hydrogen) atoms. The summed E-state index contributed by atoms with van der Waals surface area (Å²) in [5.74, 6) is 0.856. The van der Waals surface area contributed by atoms with Crippen molar-refractivity contribution in [2.24, 2.45) is 7.05 Å². The topological polar surface area (TPSA) is 29.9 Å². The summed E-state index contributed by atoms with van der Waals surface area (Å²) in [6, 6.07) is 18.8. The van der Waals surface area contributed by atoms with Gasteiger partial charge in [0.1, 0.15) is 0 Å². The number of benzene rings is 2. The van der Waals surface area contributed by atoms with Crippen LogP contribution in [-0.2, 0) is 7.05 Å². The maximum absolute atomic E-state index is 4.44. The number of aromatic nitrogens is 2. The largest absolute Gasteiger partial charge is 0.326 e. The van der Waals surface area contributed by atoms with Gasteiger partial charge in [0, 0.05) is 18.9 Å². The van der Waals surface area contributed by atoms with E-state index in [2.05, 4.69) is 58.8 Å². The molecule has 1 heterocycles. The number of hydrogen-bond donors (Lipinski definition) is 1. The fraction of sp³-hybridized carbons (Fsp3) is 0.118. The van der Waals surface area contributed by atoms with Crippen LogP contribution < -0.4 is 5.32 Å². The summed E-state index contributed by atoms with van der Waals surface area (Å²) >= 11 is 0. The molecule has 0 amide bonds. The molecule has 0 spiro atoms. The number of anilines is 2. The first-order valence-electron chi connectivity index (χ1n) is 6.65. The summed E-state index contributed by atoms with van der Waals surface area (Å²) in [6.45, 7) is 1.99. The normalized spacial score (nSPS) is 10.5. The van der Waals surface area contributed by atoms with E-state index in [1.165, 1.54) is 11.1 Å². The van der Waals surface area contributed by atoms with Gasteiger partial charge in [0.2, 0.25) is 5.95 Å². The summed E-state index contributed by atoms with van der Waals surface area (Å²) in [5.41, 5.74) is 4.49. The zero-order valence-electron chi connectivity index (χ0n) is 11.7. The predicted octanol–water partition coefficient (Wildman–Crippen LogP) is 4.14. The Balaban J connectivity index is 1.82. The van der Waals surface area contributed by atoms with Gasteiger partial charge >= 0.3 is 0 Å². The molecule has 3 heteroatoms. The second kappa shape index (κ2) is 5.21. The Hall–Kier alpha value is -2.55. The Morgan fingerprint density at radius 2 is 1.55 bits per heavy atom. The SMILES string of the molecule is Cc1cn(C)c(Nc2ccc(-c3ccccc3)cc2)n1. The van der Waals surface area contributed by atoms with Crippen molar-refractivity contribution in [3.05, 3.63) is 66.5 Å². The molecule has 0 aliphatic heterocycles.